The van der Waals surface area contributed by atoms with E-state index in [0.29, 0.717) is 135 Å². The summed E-state index contributed by atoms with van der Waals surface area (Å²) in [4.78, 5) is 53.5. The Morgan fingerprint density at radius 1 is 0.800 bits per heavy atom. The number of nitrogens with one attached hydrogen (secondary N) is 2. The highest BCUT2D eigenvalue weighted by molar-refractivity contribution is 5.81. The van der Waals surface area contributed by atoms with Gasteiger partial charge in [-0.1, -0.05) is 50.5 Å². The number of ether oxygens (including phenoxy) is 3. The van der Waals surface area contributed by atoms with Gasteiger partial charge in [0.15, 0.2) is 0 Å². The van der Waals surface area contributed by atoms with E-state index in [1.54, 1.807) is 15.6 Å². The van der Waals surface area contributed by atoms with Gasteiger partial charge in [-0.25, -0.2) is 9.36 Å². The summed E-state index contributed by atoms with van der Waals surface area (Å²) in [6.45, 7) is 15.3. The lowest BCUT2D eigenvalue weighted by Gasteiger charge is -2.38. The van der Waals surface area contributed by atoms with Gasteiger partial charge in [-0.15, -0.1) is 16.6 Å². The van der Waals surface area contributed by atoms with Crippen LogP contribution in [-0.2, 0) is 36.6 Å². The SMILES string of the molecule is C#CCOCCOCCOCCNc1nc(N2CCN(C(=O)[C@H](C(C)C)n3cc(CCO)nn3)CC2)nc(N2CCN(C(=O)[C@H]([C@@H](C)CC)n3cc(CCC[NH+]=C(N)N)nn3)CC2)n1.[Cl-]. The zero-order valence-electron chi connectivity index (χ0n) is 38.2. The van der Waals surface area contributed by atoms with Gasteiger partial charge in [-0.2, -0.15) is 15.0 Å². The first-order valence-corrected chi connectivity index (χ1v) is 22.3. The number of halogens is 1. The monoisotopic (exact) mass is 930 g/mol. The zero-order valence-corrected chi connectivity index (χ0v) is 39.0. The fourth-order valence-corrected chi connectivity index (χ4v) is 7.44. The Bertz CT molecular complexity index is 1960. The van der Waals surface area contributed by atoms with Crippen LogP contribution in [0.2, 0.25) is 0 Å². The van der Waals surface area contributed by atoms with Crippen molar-refractivity contribution in [1.29, 1.82) is 0 Å². The highest BCUT2D eigenvalue weighted by atomic mass is 35.5. The minimum absolute atomic E-state index is 0. The Kier molecular flexibility index (Phi) is 21.8. The number of terminal acetylenes is 1. The maximum atomic E-state index is 14.2. The number of nitrogens with zero attached hydrogens (tertiary/aromatic N) is 13. The predicted molar refractivity (Wildman–Crippen MR) is 238 cm³/mol. The molecule has 3 aromatic rings. The van der Waals surface area contributed by atoms with Crippen LogP contribution in [0.4, 0.5) is 17.8 Å². The average molecular weight is 931 g/mol. The van der Waals surface area contributed by atoms with Crippen LogP contribution < -0.4 is 44.0 Å². The summed E-state index contributed by atoms with van der Waals surface area (Å²) in [5.74, 6) is 3.94. The summed E-state index contributed by atoms with van der Waals surface area (Å²) >= 11 is 0. The van der Waals surface area contributed by atoms with Crippen molar-refractivity contribution in [2.45, 2.75) is 65.5 Å². The van der Waals surface area contributed by atoms with Gasteiger partial charge in [-0.05, 0) is 24.7 Å². The number of guanidine groups is 1. The standard InChI is InChI=1S/C41H67N17O6.ClH/c1-6-22-62-24-26-64-27-25-63-23-12-45-39-46-40(55-17-13-53(14-18-55)36(60)34(30(3)4)57-29-33(10-21-59)50-51-57)48-41(47-39)56-19-15-54(16-20-56)37(61)35(31(5)7-2)58-28-32(49-52-58)9-8-11-44-38(42)43;/h1,28-31,34-35,59H,7-27H2,2-5H3,(H4,42,43,44)(H,45,46,47,48);1H/t31-,34-,35-;/m0./s1. The van der Waals surface area contributed by atoms with Gasteiger partial charge >= 0.3 is 5.96 Å². The third-order valence-electron chi connectivity index (χ3n) is 11.1. The molecule has 5 heterocycles. The van der Waals surface area contributed by atoms with Gasteiger partial charge in [-0.3, -0.25) is 26.0 Å². The number of rotatable bonds is 26. The second-order valence-electron chi connectivity index (χ2n) is 16.2. The quantitative estimate of drug-likeness (QED) is 0.0217. The molecular weight excluding hydrogens is 862 g/mol. The second-order valence-corrected chi connectivity index (χ2v) is 16.2. The molecule has 2 saturated heterocycles. The van der Waals surface area contributed by atoms with E-state index in [1.165, 1.54) is 0 Å². The van der Waals surface area contributed by atoms with Crippen molar-refractivity contribution in [3.05, 3.63) is 23.8 Å². The molecule has 0 bridgehead atoms. The molecule has 2 amide bonds. The van der Waals surface area contributed by atoms with E-state index >= 15 is 0 Å². The first kappa shape index (κ1) is 52.2. The number of piperazine rings is 2. The van der Waals surface area contributed by atoms with Crippen LogP contribution in [-0.4, -0.2) is 189 Å². The smallest absolute Gasteiger partial charge is 0.338 e. The number of aliphatic hydroxyl groups excluding tert-OH is 1. The third-order valence-corrected chi connectivity index (χ3v) is 11.1. The molecule has 0 spiro atoms. The van der Waals surface area contributed by atoms with Crippen LogP contribution in [0.5, 0.6) is 0 Å². The lowest BCUT2D eigenvalue weighted by molar-refractivity contribution is -0.459. The molecule has 2 fully saturated rings. The number of anilines is 3. The number of aryl methyl sites for hydroxylation is 1. The van der Waals surface area contributed by atoms with Crippen LogP contribution in [0.25, 0.3) is 0 Å². The lowest BCUT2D eigenvalue weighted by atomic mass is 9.97. The van der Waals surface area contributed by atoms with Crippen molar-refractivity contribution in [3.63, 3.8) is 0 Å². The lowest BCUT2D eigenvalue weighted by Crippen LogP contribution is -3.00. The number of amides is 2. The summed E-state index contributed by atoms with van der Waals surface area (Å²) in [6, 6.07) is -1.02. The molecule has 0 saturated carbocycles. The molecule has 3 atom stereocenters. The number of nitrogens with two attached hydrogens (primary N) is 2. The van der Waals surface area contributed by atoms with E-state index in [1.807, 2.05) is 29.8 Å². The van der Waals surface area contributed by atoms with Crippen molar-refractivity contribution in [1.82, 2.24) is 54.7 Å². The number of hydrogen-bond acceptors (Lipinski definition) is 16. The number of aliphatic hydroxyl groups is 1. The molecule has 65 heavy (non-hydrogen) atoms. The maximum absolute atomic E-state index is 14.2. The van der Waals surface area contributed by atoms with Crippen LogP contribution in [0.3, 0.4) is 0 Å². The largest absolute Gasteiger partial charge is 1.00 e. The molecule has 5 rings (SSSR count). The van der Waals surface area contributed by atoms with Crippen molar-refractivity contribution in [2.75, 3.05) is 127 Å². The highest BCUT2D eigenvalue weighted by Crippen LogP contribution is 2.26. The zero-order chi connectivity index (χ0) is 45.8. The molecule has 0 aromatic carbocycles. The topological polar surface area (TPSA) is 273 Å². The summed E-state index contributed by atoms with van der Waals surface area (Å²) in [5.41, 5.74) is 12.5. The Balaban J connectivity index is 0.00000925. The molecule has 0 radical (unpaired) electrons. The molecular formula is C41H68ClN17O6. The van der Waals surface area contributed by atoms with Crippen molar-refractivity contribution >= 4 is 35.6 Å². The van der Waals surface area contributed by atoms with E-state index < -0.39 is 12.1 Å². The van der Waals surface area contributed by atoms with Gasteiger partial charge in [0.05, 0.1) is 51.0 Å². The molecule has 0 unspecified atom stereocenters. The Hall–Kier alpha value is -5.41. The van der Waals surface area contributed by atoms with E-state index in [0.717, 1.165) is 18.5 Å². The summed E-state index contributed by atoms with van der Waals surface area (Å²) < 4.78 is 19.8. The van der Waals surface area contributed by atoms with E-state index in [-0.39, 0.29) is 55.2 Å². The molecule has 24 heteroatoms. The van der Waals surface area contributed by atoms with Crippen molar-refractivity contribution < 1.29 is 46.3 Å². The van der Waals surface area contributed by atoms with Gasteiger partial charge in [0, 0.05) is 84.3 Å². The van der Waals surface area contributed by atoms with Crippen LogP contribution >= 0.6 is 0 Å². The fourth-order valence-electron chi connectivity index (χ4n) is 7.44. The maximum Gasteiger partial charge on any atom is 0.338 e. The predicted octanol–water partition coefficient (Wildman–Crippen LogP) is -5.54. The average Bonchev–Trinajstić information content (AvgIpc) is 3.96. The van der Waals surface area contributed by atoms with E-state index in [4.69, 9.17) is 47.1 Å². The fraction of sp³-hybridized carbons (Fsp3) is 0.707. The van der Waals surface area contributed by atoms with Crippen LogP contribution in [0, 0.1) is 24.2 Å². The molecule has 360 valence electrons. The number of carbonyl (C=O) groups excluding carboxylic acids is 2. The Morgan fingerprint density at radius 3 is 1.85 bits per heavy atom. The number of hydrogen-bond donors (Lipinski definition) is 5. The highest BCUT2D eigenvalue weighted by Gasteiger charge is 2.35. The summed E-state index contributed by atoms with van der Waals surface area (Å²) in [6.07, 6.45) is 11.4. The Morgan fingerprint density at radius 2 is 1.32 bits per heavy atom. The van der Waals surface area contributed by atoms with Gasteiger partial charge in [0.25, 0.3) is 0 Å². The van der Waals surface area contributed by atoms with Gasteiger partial charge < -0.3 is 56.6 Å². The molecule has 0 aliphatic carbocycles. The van der Waals surface area contributed by atoms with E-state index in [2.05, 4.69) is 60.5 Å². The minimum Gasteiger partial charge on any atom is -1.00 e. The summed E-state index contributed by atoms with van der Waals surface area (Å²) in [5, 5.41) is 29.8. The molecule has 2 aliphatic rings. The van der Waals surface area contributed by atoms with Crippen molar-refractivity contribution in [2.24, 2.45) is 23.3 Å². The first-order valence-electron chi connectivity index (χ1n) is 22.3. The molecule has 3 aromatic heterocycles. The second kappa shape index (κ2) is 27.2. The van der Waals surface area contributed by atoms with Gasteiger partial charge in [0.1, 0.15) is 18.7 Å². The molecule has 23 nitrogen and oxygen atoms in total. The number of aromatic nitrogens is 9. The minimum atomic E-state index is -0.526. The Labute approximate surface area is 387 Å². The summed E-state index contributed by atoms with van der Waals surface area (Å²) in [7, 11) is 0. The van der Waals surface area contributed by atoms with E-state index in [9.17, 15) is 14.7 Å². The molecule has 2 aliphatic heterocycles. The van der Waals surface area contributed by atoms with Crippen LogP contribution in [0.1, 0.15) is 64.0 Å². The normalized spacial score (nSPS) is 15.6. The van der Waals surface area contributed by atoms with Gasteiger partial charge in [0.2, 0.25) is 29.7 Å². The first-order chi connectivity index (χ1) is 31.0. The molecule has 7 N–H and O–H groups in total. The van der Waals surface area contributed by atoms with Crippen molar-refractivity contribution in [3.8, 4) is 12.3 Å². The van der Waals surface area contributed by atoms with Crippen LogP contribution in [0.15, 0.2) is 12.4 Å². The third kappa shape index (κ3) is 15.6. The number of carbonyl (C=O) groups is 2.